The van der Waals surface area contributed by atoms with E-state index in [-0.39, 0.29) is 27.0 Å². The lowest BCUT2D eigenvalue weighted by atomic mass is 10.1. The summed E-state index contributed by atoms with van der Waals surface area (Å²) in [6, 6.07) is 6.79. The Morgan fingerprint density at radius 2 is 1.68 bits per heavy atom. The predicted molar refractivity (Wildman–Crippen MR) is 80.3 cm³/mol. The van der Waals surface area contributed by atoms with Crippen molar-refractivity contribution in [3.63, 3.8) is 0 Å². The van der Waals surface area contributed by atoms with Crippen LogP contribution < -0.4 is 11.1 Å². The molecule has 0 atom stereocenters. The fourth-order valence-electron chi connectivity index (χ4n) is 1.68. The molecular weight excluding hydrogens is 340 g/mol. The molecule has 0 saturated heterocycles. The van der Waals surface area contributed by atoms with Crippen molar-refractivity contribution in [3.8, 4) is 0 Å². The van der Waals surface area contributed by atoms with Crippen LogP contribution in [0.5, 0.6) is 0 Å². The molecule has 22 heavy (non-hydrogen) atoms. The molecule has 0 unspecified atom stereocenters. The molecule has 8 heteroatoms. The summed E-state index contributed by atoms with van der Waals surface area (Å²) in [6.07, 6.45) is -4.53. The lowest BCUT2D eigenvalue weighted by molar-refractivity contribution is -0.137. The molecule has 0 aromatic heterocycles. The Labute approximate surface area is 133 Å². The molecule has 116 valence electrons. The van der Waals surface area contributed by atoms with Crippen LogP contribution in [-0.4, -0.2) is 5.91 Å². The average Bonchev–Trinajstić information content (AvgIpc) is 2.43. The number of benzene rings is 2. The van der Waals surface area contributed by atoms with Crippen molar-refractivity contribution in [3.05, 3.63) is 57.6 Å². The van der Waals surface area contributed by atoms with Gasteiger partial charge in [-0.2, -0.15) is 13.2 Å². The van der Waals surface area contributed by atoms with E-state index in [1.54, 1.807) is 0 Å². The van der Waals surface area contributed by atoms with Crippen LogP contribution in [-0.2, 0) is 6.18 Å². The number of nitrogen functional groups attached to an aromatic ring is 1. The molecule has 0 radical (unpaired) electrons. The average molecular weight is 349 g/mol. The third-order valence-electron chi connectivity index (χ3n) is 2.80. The fourth-order valence-corrected chi connectivity index (χ4v) is 1.96. The van der Waals surface area contributed by atoms with E-state index in [2.05, 4.69) is 5.32 Å². The minimum atomic E-state index is -4.53. The molecule has 0 aliphatic carbocycles. The molecule has 1 amide bonds. The molecule has 3 nitrogen and oxygen atoms in total. The van der Waals surface area contributed by atoms with Crippen molar-refractivity contribution in [2.45, 2.75) is 6.18 Å². The third-order valence-corrected chi connectivity index (χ3v) is 3.47. The lowest BCUT2D eigenvalue weighted by Gasteiger charge is -2.12. The van der Waals surface area contributed by atoms with Crippen molar-refractivity contribution in [1.82, 2.24) is 0 Å². The van der Waals surface area contributed by atoms with Gasteiger partial charge in [0.1, 0.15) is 0 Å². The summed E-state index contributed by atoms with van der Waals surface area (Å²) in [7, 11) is 0. The number of halogens is 5. The summed E-state index contributed by atoms with van der Waals surface area (Å²) in [5, 5.41) is 2.58. The van der Waals surface area contributed by atoms with Crippen LogP contribution in [0, 0.1) is 0 Å². The second kappa shape index (κ2) is 6.06. The molecule has 0 bridgehead atoms. The maximum absolute atomic E-state index is 12.7. The van der Waals surface area contributed by atoms with Crippen LogP contribution in [0.25, 0.3) is 0 Å². The lowest BCUT2D eigenvalue weighted by Crippen LogP contribution is -2.14. The van der Waals surface area contributed by atoms with Crippen molar-refractivity contribution in [1.29, 1.82) is 0 Å². The molecule has 0 aliphatic rings. The summed E-state index contributed by atoms with van der Waals surface area (Å²) in [6.45, 7) is 0. The molecule has 2 rings (SSSR count). The number of nitrogens with two attached hydrogens (primary N) is 1. The van der Waals surface area contributed by atoms with E-state index in [0.717, 1.165) is 18.2 Å². The topological polar surface area (TPSA) is 55.1 Å². The molecule has 0 saturated carbocycles. The highest BCUT2D eigenvalue weighted by Crippen LogP contribution is 2.34. The van der Waals surface area contributed by atoms with Gasteiger partial charge in [0.15, 0.2) is 0 Å². The van der Waals surface area contributed by atoms with Crippen molar-refractivity contribution in [2.24, 2.45) is 0 Å². The minimum Gasteiger partial charge on any atom is -0.398 e. The Bertz CT molecular complexity index is 733. The van der Waals surface area contributed by atoms with Gasteiger partial charge in [0.25, 0.3) is 5.91 Å². The van der Waals surface area contributed by atoms with Crippen molar-refractivity contribution in [2.75, 3.05) is 11.1 Å². The number of nitrogens with one attached hydrogen (secondary N) is 1. The van der Waals surface area contributed by atoms with Gasteiger partial charge in [0.05, 0.1) is 27.0 Å². The van der Waals surface area contributed by atoms with Gasteiger partial charge in [-0.05, 0) is 36.4 Å². The number of anilines is 2. The van der Waals surface area contributed by atoms with E-state index in [1.165, 1.54) is 18.2 Å². The largest absolute Gasteiger partial charge is 0.416 e. The Morgan fingerprint density at radius 3 is 2.27 bits per heavy atom. The molecule has 0 spiro atoms. The highest BCUT2D eigenvalue weighted by Gasteiger charge is 2.31. The predicted octanol–water partition coefficient (Wildman–Crippen LogP) is 4.85. The monoisotopic (exact) mass is 348 g/mol. The number of amides is 1. The van der Waals surface area contributed by atoms with Gasteiger partial charge in [0.2, 0.25) is 0 Å². The molecule has 3 N–H and O–H groups in total. The summed E-state index contributed by atoms with van der Waals surface area (Å²) < 4.78 is 38.0. The van der Waals surface area contributed by atoms with E-state index in [1.807, 2.05) is 0 Å². The highest BCUT2D eigenvalue weighted by molar-refractivity contribution is 6.34. The second-order valence-corrected chi connectivity index (χ2v) is 5.20. The van der Waals surface area contributed by atoms with E-state index in [4.69, 9.17) is 28.9 Å². The molecular formula is C14H9Cl2F3N2O. The second-order valence-electron chi connectivity index (χ2n) is 4.38. The van der Waals surface area contributed by atoms with Crippen LogP contribution in [0.2, 0.25) is 10.0 Å². The van der Waals surface area contributed by atoms with Gasteiger partial charge >= 0.3 is 6.18 Å². The van der Waals surface area contributed by atoms with Crippen LogP contribution in [0.15, 0.2) is 36.4 Å². The Morgan fingerprint density at radius 1 is 1.05 bits per heavy atom. The zero-order valence-corrected chi connectivity index (χ0v) is 12.4. The summed E-state index contributed by atoms with van der Waals surface area (Å²) in [5.74, 6) is -0.649. The van der Waals surface area contributed by atoms with Gasteiger partial charge in [-0.25, -0.2) is 0 Å². The Kier molecular flexibility index (Phi) is 4.53. The number of carbonyl (C=O) groups excluding carboxylic acids is 1. The van der Waals surface area contributed by atoms with Gasteiger partial charge in [-0.1, -0.05) is 23.2 Å². The van der Waals surface area contributed by atoms with Crippen LogP contribution >= 0.6 is 23.2 Å². The minimum absolute atomic E-state index is 0.0108. The zero-order chi connectivity index (χ0) is 16.5. The SMILES string of the molecule is Nc1cc(C(=O)Nc2cc(C(F)(F)F)ccc2Cl)ccc1Cl. The first-order valence-corrected chi connectivity index (χ1v) is 6.67. The van der Waals surface area contributed by atoms with E-state index in [9.17, 15) is 18.0 Å². The first kappa shape index (κ1) is 16.5. The van der Waals surface area contributed by atoms with Gasteiger partial charge in [-0.15, -0.1) is 0 Å². The quantitative estimate of drug-likeness (QED) is 0.762. The first-order valence-electron chi connectivity index (χ1n) is 5.91. The maximum atomic E-state index is 12.7. The Balaban J connectivity index is 2.29. The number of hydrogen-bond acceptors (Lipinski definition) is 2. The molecule has 0 aliphatic heterocycles. The fraction of sp³-hybridized carbons (Fsp3) is 0.0714. The molecule has 2 aromatic rings. The highest BCUT2D eigenvalue weighted by atomic mass is 35.5. The number of rotatable bonds is 2. The van der Waals surface area contributed by atoms with E-state index < -0.39 is 17.6 Å². The van der Waals surface area contributed by atoms with Crippen LogP contribution in [0.3, 0.4) is 0 Å². The molecule has 2 aromatic carbocycles. The molecule has 0 fully saturated rings. The Hall–Kier alpha value is -1.92. The normalized spacial score (nSPS) is 11.3. The van der Waals surface area contributed by atoms with Crippen LogP contribution in [0.4, 0.5) is 24.5 Å². The van der Waals surface area contributed by atoms with Gasteiger partial charge < -0.3 is 11.1 Å². The number of carbonyl (C=O) groups is 1. The van der Waals surface area contributed by atoms with Gasteiger partial charge in [-0.3, -0.25) is 4.79 Å². The third kappa shape index (κ3) is 3.64. The van der Waals surface area contributed by atoms with E-state index >= 15 is 0 Å². The number of hydrogen-bond donors (Lipinski definition) is 2. The maximum Gasteiger partial charge on any atom is 0.416 e. The standard InChI is InChI=1S/C14H9Cl2F3N2O/c15-9-3-1-7(5-11(9)20)13(22)21-12-6-8(14(17,18)19)2-4-10(12)16/h1-6H,20H2,(H,21,22). The molecule has 0 heterocycles. The smallest absolute Gasteiger partial charge is 0.398 e. The first-order chi connectivity index (χ1) is 10.2. The van der Waals surface area contributed by atoms with Crippen molar-refractivity contribution < 1.29 is 18.0 Å². The summed E-state index contributed by atoms with van der Waals surface area (Å²) in [4.78, 5) is 12.0. The van der Waals surface area contributed by atoms with Gasteiger partial charge in [0, 0.05) is 5.56 Å². The van der Waals surface area contributed by atoms with Crippen LogP contribution in [0.1, 0.15) is 15.9 Å². The van der Waals surface area contributed by atoms with E-state index in [0.29, 0.717) is 0 Å². The number of alkyl halides is 3. The zero-order valence-electron chi connectivity index (χ0n) is 10.8. The summed E-state index contributed by atoms with van der Waals surface area (Å²) in [5.41, 5.74) is 4.85. The summed E-state index contributed by atoms with van der Waals surface area (Å²) >= 11 is 11.5. The van der Waals surface area contributed by atoms with Crippen molar-refractivity contribution >= 4 is 40.5 Å².